The Morgan fingerprint density at radius 3 is 2.34 bits per heavy atom. The monoisotopic (exact) mass is 448 g/mol. The maximum atomic E-state index is 12.6. The number of hydrogen-bond donors (Lipinski definition) is 6. The molecule has 0 radical (unpaired) electrons. The summed E-state index contributed by atoms with van der Waals surface area (Å²) in [5.41, 5.74) is 0.538. The molecule has 11 nitrogen and oxygen atoms in total. The highest BCUT2D eigenvalue weighted by Crippen LogP contribution is 2.42. The van der Waals surface area contributed by atoms with Gasteiger partial charge in [0.05, 0.1) is 6.42 Å². The van der Waals surface area contributed by atoms with Gasteiger partial charge in [-0.15, -0.1) is 0 Å². The molecule has 32 heavy (non-hydrogen) atoms. The Labute approximate surface area is 180 Å². The number of phenols is 2. The van der Waals surface area contributed by atoms with Gasteiger partial charge in [0, 0.05) is 12.1 Å². The standard InChI is InChI=1S/C21H20O11/c22-9-3-1-8(2-4-9)13-7-12(24)15-11(23)5-10(6-14(15)31-13)30-21-18(27)16(25)17(26)19(32-21)20(28)29/h1-6,13,16-19,21-23,25-27H,7H2,(H,28,29)/t13-,16+,17+,18-,19+,21+/m1/s1. The lowest BCUT2D eigenvalue weighted by molar-refractivity contribution is -0.271. The number of hydrogen-bond acceptors (Lipinski definition) is 10. The van der Waals surface area contributed by atoms with E-state index in [0.717, 1.165) is 6.07 Å². The van der Waals surface area contributed by atoms with Crippen molar-refractivity contribution in [3.63, 3.8) is 0 Å². The molecule has 0 unspecified atom stereocenters. The molecule has 11 heteroatoms. The fraction of sp³-hybridized carbons (Fsp3) is 0.333. The molecule has 4 rings (SSSR count). The Morgan fingerprint density at radius 1 is 1.00 bits per heavy atom. The van der Waals surface area contributed by atoms with E-state index in [1.54, 1.807) is 12.1 Å². The van der Waals surface area contributed by atoms with Crippen LogP contribution in [0.3, 0.4) is 0 Å². The van der Waals surface area contributed by atoms with E-state index in [2.05, 4.69) is 0 Å². The molecule has 6 N–H and O–H groups in total. The minimum Gasteiger partial charge on any atom is -0.508 e. The summed E-state index contributed by atoms with van der Waals surface area (Å²) in [5.74, 6) is -2.55. The summed E-state index contributed by atoms with van der Waals surface area (Å²) in [6, 6.07) is 8.37. The maximum Gasteiger partial charge on any atom is 0.335 e. The van der Waals surface area contributed by atoms with Gasteiger partial charge in [0.1, 0.15) is 53.0 Å². The third-order valence-corrected chi connectivity index (χ3v) is 5.30. The SMILES string of the molecule is O=C1C[C@H](c2ccc(O)cc2)Oc2cc(O[C@H]3O[C@H](C(=O)O)[C@@H](O)[C@H](O)[C@H]3O)cc(O)c21. The van der Waals surface area contributed by atoms with E-state index in [0.29, 0.717) is 5.56 Å². The zero-order valence-electron chi connectivity index (χ0n) is 16.4. The van der Waals surface area contributed by atoms with Gasteiger partial charge >= 0.3 is 5.97 Å². The molecular weight excluding hydrogens is 428 g/mol. The topological polar surface area (TPSA) is 183 Å². The molecule has 0 bridgehead atoms. The molecule has 0 saturated carbocycles. The summed E-state index contributed by atoms with van der Waals surface area (Å²) >= 11 is 0. The van der Waals surface area contributed by atoms with Crippen molar-refractivity contribution in [3.05, 3.63) is 47.5 Å². The van der Waals surface area contributed by atoms with Crippen LogP contribution in [0.2, 0.25) is 0 Å². The highest BCUT2D eigenvalue weighted by Gasteiger charge is 2.48. The van der Waals surface area contributed by atoms with Gasteiger partial charge in [-0.05, 0) is 17.7 Å². The molecule has 1 saturated heterocycles. The number of aliphatic carboxylic acids is 1. The van der Waals surface area contributed by atoms with Crippen LogP contribution in [-0.2, 0) is 9.53 Å². The minimum atomic E-state index is -1.88. The molecule has 0 aromatic heterocycles. The quantitative estimate of drug-likeness (QED) is 0.372. The molecule has 2 aromatic carbocycles. The second-order valence-corrected chi connectivity index (χ2v) is 7.49. The Hall–Kier alpha value is -3.38. The van der Waals surface area contributed by atoms with Gasteiger partial charge in [0.2, 0.25) is 6.29 Å². The minimum absolute atomic E-state index is 0.0185. The highest BCUT2D eigenvalue weighted by molar-refractivity contribution is 6.02. The van der Waals surface area contributed by atoms with Crippen molar-refractivity contribution in [1.29, 1.82) is 0 Å². The van der Waals surface area contributed by atoms with Crippen molar-refractivity contribution in [2.45, 2.75) is 43.2 Å². The van der Waals surface area contributed by atoms with Gasteiger partial charge in [0.25, 0.3) is 0 Å². The van der Waals surface area contributed by atoms with Crippen LogP contribution in [0, 0.1) is 0 Å². The molecule has 170 valence electrons. The van der Waals surface area contributed by atoms with Gasteiger partial charge in [-0.3, -0.25) is 4.79 Å². The fourth-order valence-electron chi connectivity index (χ4n) is 3.64. The summed E-state index contributed by atoms with van der Waals surface area (Å²) in [7, 11) is 0. The molecule has 2 aromatic rings. The molecule has 0 aliphatic carbocycles. The molecule has 2 heterocycles. The normalized spacial score (nSPS) is 29.7. The van der Waals surface area contributed by atoms with Gasteiger partial charge in [-0.2, -0.15) is 0 Å². The Morgan fingerprint density at radius 2 is 1.69 bits per heavy atom. The average molecular weight is 448 g/mol. The van der Waals surface area contributed by atoms with Crippen LogP contribution >= 0.6 is 0 Å². The summed E-state index contributed by atoms with van der Waals surface area (Å²) in [4.78, 5) is 23.8. The Kier molecular flexibility index (Phi) is 5.65. The third kappa shape index (κ3) is 3.94. The summed E-state index contributed by atoms with van der Waals surface area (Å²) in [6.07, 6.45) is -9.86. The van der Waals surface area contributed by atoms with Gasteiger partial charge in [-0.1, -0.05) is 12.1 Å². The molecule has 2 aliphatic rings. The van der Waals surface area contributed by atoms with E-state index < -0.39 is 54.3 Å². The number of aromatic hydroxyl groups is 2. The van der Waals surface area contributed by atoms with Crippen LogP contribution in [0.1, 0.15) is 28.4 Å². The number of aliphatic hydroxyl groups is 3. The van der Waals surface area contributed by atoms with Crippen molar-refractivity contribution >= 4 is 11.8 Å². The second kappa shape index (κ2) is 8.28. The van der Waals surface area contributed by atoms with Crippen molar-refractivity contribution in [2.75, 3.05) is 0 Å². The molecular formula is C21H20O11. The number of carbonyl (C=O) groups excluding carboxylic acids is 1. The van der Waals surface area contributed by atoms with Gasteiger partial charge in [0.15, 0.2) is 11.9 Å². The zero-order valence-corrected chi connectivity index (χ0v) is 16.4. The lowest BCUT2D eigenvalue weighted by Gasteiger charge is -2.38. The summed E-state index contributed by atoms with van der Waals surface area (Å²) in [5, 5.41) is 58.7. The zero-order chi connectivity index (χ0) is 23.2. The van der Waals surface area contributed by atoms with Crippen molar-refractivity contribution < 1.29 is 54.4 Å². The number of carbonyl (C=O) groups is 2. The number of carboxylic acid groups (broad SMARTS) is 1. The number of phenolic OH excluding ortho intramolecular Hbond substituents is 2. The number of ether oxygens (including phenoxy) is 3. The first kappa shape index (κ1) is 21.8. The largest absolute Gasteiger partial charge is 0.508 e. The molecule has 2 aliphatic heterocycles. The summed E-state index contributed by atoms with van der Waals surface area (Å²) in [6.45, 7) is 0. The second-order valence-electron chi connectivity index (χ2n) is 7.49. The van der Waals surface area contributed by atoms with Gasteiger partial charge < -0.3 is 44.8 Å². The number of aliphatic hydroxyl groups excluding tert-OH is 3. The third-order valence-electron chi connectivity index (χ3n) is 5.30. The van der Waals surface area contributed by atoms with E-state index >= 15 is 0 Å². The van der Waals surface area contributed by atoms with Gasteiger partial charge in [-0.25, -0.2) is 4.79 Å². The number of fused-ring (bicyclic) bond motifs is 1. The smallest absolute Gasteiger partial charge is 0.335 e. The molecule has 0 spiro atoms. The maximum absolute atomic E-state index is 12.6. The first-order chi connectivity index (χ1) is 15.2. The highest BCUT2D eigenvalue weighted by atomic mass is 16.7. The molecule has 1 fully saturated rings. The van der Waals surface area contributed by atoms with Crippen molar-refractivity contribution in [1.82, 2.24) is 0 Å². The van der Waals surface area contributed by atoms with Crippen molar-refractivity contribution in [2.24, 2.45) is 0 Å². The van der Waals surface area contributed by atoms with Crippen LogP contribution in [0.15, 0.2) is 36.4 Å². The fourth-order valence-corrected chi connectivity index (χ4v) is 3.64. The summed E-state index contributed by atoms with van der Waals surface area (Å²) < 4.78 is 16.3. The van der Waals surface area contributed by atoms with E-state index in [1.165, 1.54) is 18.2 Å². The molecule has 6 atom stereocenters. The van der Waals surface area contributed by atoms with E-state index in [9.17, 15) is 35.1 Å². The molecule has 0 amide bonds. The Bertz CT molecular complexity index is 1030. The number of ketones is 1. The van der Waals surface area contributed by atoms with Crippen LogP contribution in [-0.4, -0.2) is 73.1 Å². The van der Waals surface area contributed by atoms with E-state index in [1.807, 2.05) is 0 Å². The average Bonchev–Trinajstić information content (AvgIpc) is 2.73. The first-order valence-corrected chi connectivity index (χ1v) is 9.60. The number of Topliss-reactive ketones (excluding diaryl/α,β-unsaturated/α-hetero) is 1. The van der Waals surface area contributed by atoms with Crippen LogP contribution in [0.4, 0.5) is 0 Å². The predicted octanol–water partition coefficient (Wildman–Crippen LogP) is 0.0753. The van der Waals surface area contributed by atoms with Crippen LogP contribution in [0.5, 0.6) is 23.0 Å². The van der Waals surface area contributed by atoms with Crippen LogP contribution in [0.25, 0.3) is 0 Å². The number of carboxylic acids is 1. The van der Waals surface area contributed by atoms with E-state index in [4.69, 9.17) is 19.3 Å². The van der Waals surface area contributed by atoms with Crippen LogP contribution < -0.4 is 9.47 Å². The van der Waals surface area contributed by atoms with E-state index in [-0.39, 0.29) is 29.2 Å². The van der Waals surface area contributed by atoms with Crippen molar-refractivity contribution in [3.8, 4) is 23.0 Å². The number of rotatable bonds is 4. The first-order valence-electron chi connectivity index (χ1n) is 9.60. The Balaban J connectivity index is 1.60. The number of benzene rings is 2. The lowest BCUT2D eigenvalue weighted by atomic mass is 9.95. The lowest BCUT2D eigenvalue weighted by Crippen LogP contribution is -2.61. The predicted molar refractivity (Wildman–Crippen MR) is 103 cm³/mol.